The van der Waals surface area contributed by atoms with Gasteiger partial charge in [-0.05, 0) is 40.2 Å². The molecule has 0 spiro atoms. The van der Waals surface area contributed by atoms with Crippen LogP contribution in [0, 0.1) is 0 Å². The van der Waals surface area contributed by atoms with Crippen molar-refractivity contribution in [1.29, 1.82) is 0 Å². The van der Waals surface area contributed by atoms with E-state index in [-0.39, 0.29) is 16.5 Å². The first-order valence-electron chi connectivity index (χ1n) is 4.91. The van der Waals surface area contributed by atoms with Crippen LogP contribution >= 0.6 is 15.9 Å². The molecule has 94 valence electrons. The summed E-state index contributed by atoms with van der Waals surface area (Å²) in [6.07, 6.45) is 1.49. The van der Waals surface area contributed by atoms with Crippen molar-refractivity contribution in [2.75, 3.05) is 4.72 Å². The second-order valence-electron chi connectivity index (χ2n) is 3.46. The summed E-state index contributed by atoms with van der Waals surface area (Å²) in [6.45, 7) is 0. The molecule has 0 aliphatic rings. The van der Waals surface area contributed by atoms with Crippen molar-refractivity contribution in [3.05, 3.63) is 47.1 Å². The zero-order valence-electron chi connectivity index (χ0n) is 9.04. The van der Waals surface area contributed by atoms with Crippen molar-refractivity contribution >= 4 is 31.8 Å². The Morgan fingerprint density at radius 2 is 2.00 bits per heavy atom. The highest BCUT2D eigenvalue weighted by Gasteiger charge is 2.15. The van der Waals surface area contributed by atoms with E-state index in [1.807, 2.05) is 0 Å². The van der Waals surface area contributed by atoms with Gasteiger partial charge < -0.3 is 5.11 Å². The fourth-order valence-electron chi connectivity index (χ4n) is 1.28. The lowest BCUT2D eigenvalue weighted by molar-refractivity contribution is 0.473. The SMILES string of the molecule is O=S(=O)(Nc1ccc(Br)cn1)c1cccc(O)c1. The molecular formula is C11H9BrN2O3S. The Morgan fingerprint density at radius 3 is 2.61 bits per heavy atom. The van der Waals surface area contributed by atoms with E-state index in [0.29, 0.717) is 0 Å². The molecule has 0 unspecified atom stereocenters. The molecule has 2 aromatic rings. The van der Waals surface area contributed by atoms with Gasteiger partial charge in [-0.3, -0.25) is 4.72 Å². The van der Waals surface area contributed by atoms with Crippen molar-refractivity contribution in [1.82, 2.24) is 4.98 Å². The Hall–Kier alpha value is -1.60. The van der Waals surface area contributed by atoms with Gasteiger partial charge in [0.05, 0.1) is 4.90 Å². The molecule has 0 bridgehead atoms. The van der Waals surface area contributed by atoms with Gasteiger partial charge >= 0.3 is 0 Å². The number of aromatic nitrogens is 1. The third kappa shape index (κ3) is 2.99. The van der Waals surface area contributed by atoms with E-state index in [0.717, 1.165) is 4.47 Å². The third-order valence-corrected chi connectivity index (χ3v) is 3.92. The zero-order chi connectivity index (χ0) is 13.2. The lowest BCUT2D eigenvalue weighted by atomic mass is 10.3. The number of nitrogens with one attached hydrogen (secondary N) is 1. The van der Waals surface area contributed by atoms with Gasteiger partial charge in [0.1, 0.15) is 11.6 Å². The van der Waals surface area contributed by atoms with Gasteiger partial charge in [0.25, 0.3) is 10.0 Å². The van der Waals surface area contributed by atoms with Gasteiger partial charge in [-0.25, -0.2) is 13.4 Å². The van der Waals surface area contributed by atoms with E-state index >= 15 is 0 Å². The minimum Gasteiger partial charge on any atom is -0.508 e. The molecule has 0 saturated carbocycles. The number of aromatic hydroxyl groups is 1. The Kier molecular flexibility index (Phi) is 3.53. The molecular weight excluding hydrogens is 320 g/mol. The predicted octanol–water partition coefficient (Wildman–Crippen LogP) is 2.35. The average molecular weight is 329 g/mol. The summed E-state index contributed by atoms with van der Waals surface area (Å²) in [5.41, 5.74) is 0. The van der Waals surface area contributed by atoms with Crippen LogP contribution in [-0.4, -0.2) is 18.5 Å². The van der Waals surface area contributed by atoms with Crippen LogP contribution in [-0.2, 0) is 10.0 Å². The number of phenols is 1. The first-order chi connectivity index (χ1) is 8.47. The van der Waals surface area contributed by atoms with Crippen molar-refractivity contribution in [3.8, 4) is 5.75 Å². The minimum absolute atomic E-state index is 0.0211. The van der Waals surface area contributed by atoms with E-state index in [1.165, 1.54) is 36.5 Å². The summed E-state index contributed by atoms with van der Waals surface area (Å²) in [4.78, 5) is 3.89. The van der Waals surface area contributed by atoms with E-state index in [1.54, 1.807) is 6.07 Å². The Labute approximate surface area is 113 Å². The van der Waals surface area contributed by atoms with Crippen LogP contribution in [0.5, 0.6) is 5.75 Å². The van der Waals surface area contributed by atoms with Crippen LogP contribution in [0.25, 0.3) is 0 Å². The standard InChI is InChI=1S/C11H9BrN2O3S/c12-8-4-5-11(13-7-8)14-18(16,17)10-3-1-2-9(15)6-10/h1-7,15H,(H,13,14). The molecule has 1 heterocycles. The van der Waals surface area contributed by atoms with Crippen molar-refractivity contribution in [2.24, 2.45) is 0 Å². The number of anilines is 1. The smallest absolute Gasteiger partial charge is 0.263 e. The molecule has 0 fully saturated rings. The third-order valence-electron chi connectivity index (χ3n) is 2.09. The Morgan fingerprint density at radius 1 is 1.22 bits per heavy atom. The molecule has 0 aliphatic heterocycles. The number of halogens is 1. The van der Waals surface area contributed by atoms with Crippen LogP contribution in [0.3, 0.4) is 0 Å². The molecule has 18 heavy (non-hydrogen) atoms. The fourth-order valence-corrected chi connectivity index (χ4v) is 2.57. The molecule has 0 amide bonds. The van der Waals surface area contributed by atoms with Crippen molar-refractivity contribution < 1.29 is 13.5 Å². The molecule has 0 saturated heterocycles. The Balaban J connectivity index is 2.30. The summed E-state index contributed by atoms with van der Waals surface area (Å²) in [5, 5.41) is 9.26. The summed E-state index contributed by atoms with van der Waals surface area (Å²) >= 11 is 3.21. The largest absolute Gasteiger partial charge is 0.508 e. The topological polar surface area (TPSA) is 79.3 Å². The Bertz CT molecular complexity index is 656. The molecule has 2 N–H and O–H groups in total. The van der Waals surface area contributed by atoms with Gasteiger partial charge in [-0.15, -0.1) is 0 Å². The van der Waals surface area contributed by atoms with Gasteiger partial charge in [-0.1, -0.05) is 6.07 Å². The van der Waals surface area contributed by atoms with Crippen molar-refractivity contribution in [2.45, 2.75) is 4.90 Å². The molecule has 5 nitrogen and oxygen atoms in total. The highest BCUT2D eigenvalue weighted by atomic mass is 79.9. The van der Waals surface area contributed by atoms with Crippen LogP contribution in [0.4, 0.5) is 5.82 Å². The molecule has 1 aromatic heterocycles. The number of nitrogens with zero attached hydrogens (tertiary/aromatic N) is 1. The maximum atomic E-state index is 12.0. The molecule has 0 aliphatic carbocycles. The van der Waals surface area contributed by atoms with Crippen LogP contribution in [0.2, 0.25) is 0 Å². The molecule has 2 rings (SSSR count). The number of hydrogen-bond acceptors (Lipinski definition) is 4. The van der Waals surface area contributed by atoms with E-state index < -0.39 is 10.0 Å². The summed E-state index contributed by atoms with van der Waals surface area (Å²) in [6, 6.07) is 8.62. The van der Waals surface area contributed by atoms with E-state index in [4.69, 9.17) is 0 Å². The summed E-state index contributed by atoms with van der Waals surface area (Å²) in [7, 11) is -3.74. The predicted molar refractivity (Wildman–Crippen MR) is 70.9 cm³/mol. The molecule has 1 aromatic carbocycles. The number of phenolic OH excluding ortho intramolecular Hbond substituents is 1. The van der Waals surface area contributed by atoms with Gasteiger partial charge in [0, 0.05) is 16.7 Å². The molecule has 0 radical (unpaired) electrons. The average Bonchev–Trinajstić information content (AvgIpc) is 2.32. The lowest BCUT2D eigenvalue weighted by Gasteiger charge is -2.07. The number of hydrogen-bond donors (Lipinski definition) is 2. The highest BCUT2D eigenvalue weighted by molar-refractivity contribution is 9.10. The van der Waals surface area contributed by atoms with Gasteiger partial charge in [0.15, 0.2) is 0 Å². The van der Waals surface area contributed by atoms with Gasteiger partial charge in [-0.2, -0.15) is 0 Å². The fraction of sp³-hybridized carbons (Fsp3) is 0. The summed E-state index contributed by atoms with van der Waals surface area (Å²) < 4.78 is 27.0. The van der Waals surface area contributed by atoms with Crippen LogP contribution in [0.15, 0.2) is 52.0 Å². The van der Waals surface area contributed by atoms with Crippen LogP contribution < -0.4 is 4.72 Å². The lowest BCUT2D eigenvalue weighted by Crippen LogP contribution is -2.13. The van der Waals surface area contributed by atoms with Gasteiger partial charge in [0.2, 0.25) is 0 Å². The van der Waals surface area contributed by atoms with Crippen molar-refractivity contribution in [3.63, 3.8) is 0 Å². The second kappa shape index (κ2) is 4.95. The molecule has 0 atom stereocenters. The van der Waals surface area contributed by atoms with E-state index in [9.17, 15) is 13.5 Å². The number of pyridine rings is 1. The number of sulfonamides is 1. The number of benzene rings is 1. The zero-order valence-corrected chi connectivity index (χ0v) is 11.4. The normalized spacial score (nSPS) is 11.2. The first kappa shape index (κ1) is 12.8. The minimum atomic E-state index is -3.74. The summed E-state index contributed by atoms with van der Waals surface area (Å²) in [5.74, 6) is 0.100. The maximum Gasteiger partial charge on any atom is 0.263 e. The first-order valence-corrected chi connectivity index (χ1v) is 7.18. The molecule has 7 heteroatoms. The maximum absolute atomic E-state index is 12.0. The number of rotatable bonds is 3. The highest BCUT2D eigenvalue weighted by Crippen LogP contribution is 2.19. The monoisotopic (exact) mass is 328 g/mol. The van der Waals surface area contributed by atoms with E-state index in [2.05, 4.69) is 25.6 Å². The van der Waals surface area contributed by atoms with Crippen LogP contribution in [0.1, 0.15) is 0 Å². The quantitative estimate of drug-likeness (QED) is 0.906. The second-order valence-corrected chi connectivity index (χ2v) is 6.06.